The number of thiazole rings is 1. The van der Waals surface area contributed by atoms with Crippen LogP contribution < -0.4 is 10.2 Å². The fourth-order valence-electron chi connectivity index (χ4n) is 4.66. The number of aromatic nitrogens is 4. The van der Waals surface area contributed by atoms with Gasteiger partial charge in [0.1, 0.15) is 11.7 Å². The van der Waals surface area contributed by atoms with Gasteiger partial charge in [0.05, 0.1) is 31.7 Å². The topological polar surface area (TPSA) is 77.1 Å². The summed E-state index contributed by atoms with van der Waals surface area (Å²) in [6, 6.07) is 10.6. The molecule has 144 valence electrons. The highest BCUT2D eigenvalue weighted by Gasteiger charge is 2.46. The Labute approximate surface area is 167 Å². The number of carbonyl (C=O) groups is 1. The number of carbonyl (C=O) groups excluding carboxylic acids is 1. The van der Waals surface area contributed by atoms with E-state index in [0.29, 0.717) is 17.1 Å². The van der Waals surface area contributed by atoms with Gasteiger partial charge in [-0.1, -0.05) is 35.5 Å². The van der Waals surface area contributed by atoms with Crippen molar-refractivity contribution in [1.29, 1.82) is 0 Å². The second-order valence-corrected chi connectivity index (χ2v) is 8.61. The van der Waals surface area contributed by atoms with E-state index in [1.165, 1.54) is 16.2 Å². The molecule has 3 saturated heterocycles. The smallest absolute Gasteiger partial charge is 0.235 e. The van der Waals surface area contributed by atoms with E-state index in [-0.39, 0.29) is 11.8 Å². The lowest BCUT2D eigenvalue weighted by atomic mass is 9.75. The zero-order valence-corrected chi connectivity index (χ0v) is 16.3. The number of nitrogens with zero attached hydrogens (tertiary/aromatic N) is 4. The molecule has 3 fully saturated rings. The SMILES string of the molecule is O=C(Nc1nccs1)[C@H]1C[NH+]2CC[C@H]1C[C@@H]2Cn1cc(-c2ccccc2)nn1. The van der Waals surface area contributed by atoms with Gasteiger partial charge < -0.3 is 10.2 Å². The van der Waals surface area contributed by atoms with Crippen LogP contribution >= 0.6 is 11.3 Å². The molecule has 2 N–H and O–H groups in total. The fourth-order valence-corrected chi connectivity index (χ4v) is 5.19. The van der Waals surface area contributed by atoms with Gasteiger partial charge in [0.15, 0.2) is 5.13 Å². The number of fused-ring (bicyclic) bond motifs is 3. The van der Waals surface area contributed by atoms with Crippen LogP contribution in [-0.4, -0.2) is 45.0 Å². The molecule has 1 aromatic carbocycles. The molecular formula is C20H23N6OS+. The van der Waals surface area contributed by atoms with Crippen molar-refractivity contribution in [2.45, 2.75) is 25.4 Å². The number of hydrogen-bond donors (Lipinski definition) is 2. The molecule has 3 aliphatic rings. The Morgan fingerprint density at radius 2 is 2.21 bits per heavy atom. The van der Waals surface area contributed by atoms with Gasteiger partial charge in [0, 0.05) is 30.0 Å². The second-order valence-electron chi connectivity index (χ2n) is 7.72. The van der Waals surface area contributed by atoms with Gasteiger partial charge in [-0.3, -0.25) is 4.79 Å². The van der Waals surface area contributed by atoms with E-state index >= 15 is 0 Å². The zero-order chi connectivity index (χ0) is 18.9. The van der Waals surface area contributed by atoms with Crippen molar-refractivity contribution in [2.24, 2.45) is 11.8 Å². The summed E-state index contributed by atoms with van der Waals surface area (Å²) in [5.41, 5.74) is 2.00. The fraction of sp³-hybridized carbons (Fsp3) is 0.400. The quantitative estimate of drug-likeness (QED) is 0.683. The summed E-state index contributed by atoms with van der Waals surface area (Å²) < 4.78 is 1.96. The predicted octanol–water partition coefficient (Wildman–Crippen LogP) is 1.33. The third-order valence-corrected chi connectivity index (χ3v) is 6.76. The van der Waals surface area contributed by atoms with Gasteiger partial charge in [-0.05, 0) is 5.92 Å². The number of amides is 1. The molecule has 1 amide bonds. The van der Waals surface area contributed by atoms with Crippen LogP contribution in [0.15, 0.2) is 48.1 Å². The molecule has 4 atom stereocenters. The van der Waals surface area contributed by atoms with E-state index in [2.05, 4.69) is 32.7 Å². The molecule has 6 rings (SSSR count). The van der Waals surface area contributed by atoms with E-state index in [4.69, 9.17) is 0 Å². The highest BCUT2D eigenvalue weighted by atomic mass is 32.1. The minimum atomic E-state index is 0.0829. The maximum Gasteiger partial charge on any atom is 0.235 e. The van der Waals surface area contributed by atoms with E-state index in [9.17, 15) is 4.79 Å². The lowest BCUT2D eigenvalue weighted by molar-refractivity contribution is -0.945. The number of nitrogens with one attached hydrogen (secondary N) is 2. The number of hydrogen-bond acceptors (Lipinski definition) is 5. The van der Waals surface area contributed by atoms with Gasteiger partial charge in [-0.2, -0.15) is 0 Å². The Balaban J connectivity index is 1.23. The molecule has 3 aromatic rings. The summed E-state index contributed by atoms with van der Waals surface area (Å²) >= 11 is 1.47. The molecular weight excluding hydrogens is 372 g/mol. The summed E-state index contributed by atoms with van der Waals surface area (Å²) in [6.45, 7) is 2.88. The number of piperidine rings is 3. The Morgan fingerprint density at radius 3 is 2.96 bits per heavy atom. The summed E-state index contributed by atoms with van der Waals surface area (Å²) in [5, 5.41) is 14.2. The van der Waals surface area contributed by atoms with Crippen LogP contribution in [0.2, 0.25) is 0 Å². The van der Waals surface area contributed by atoms with E-state index in [1.807, 2.05) is 34.5 Å². The van der Waals surface area contributed by atoms with Crippen LogP contribution in [0.3, 0.4) is 0 Å². The monoisotopic (exact) mass is 395 g/mol. The number of rotatable bonds is 5. The first-order valence-electron chi connectivity index (χ1n) is 9.77. The maximum absolute atomic E-state index is 12.7. The molecule has 28 heavy (non-hydrogen) atoms. The summed E-state index contributed by atoms with van der Waals surface area (Å²) in [7, 11) is 0. The molecule has 0 spiro atoms. The normalized spacial score (nSPS) is 26.3. The summed E-state index contributed by atoms with van der Waals surface area (Å²) in [6.07, 6.45) is 5.94. The average Bonchev–Trinajstić information content (AvgIpc) is 3.41. The van der Waals surface area contributed by atoms with E-state index in [1.54, 1.807) is 6.20 Å². The third kappa shape index (κ3) is 3.45. The molecule has 3 aliphatic heterocycles. The first-order chi connectivity index (χ1) is 13.8. The first kappa shape index (κ1) is 17.5. The molecule has 0 radical (unpaired) electrons. The van der Waals surface area contributed by atoms with Gasteiger partial charge in [-0.15, -0.1) is 16.4 Å². The predicted molar refractivity (Wildman–Crippen MR) is 107 cm³/mol. The van der Waals surface area contributed by atoms with Crippen LogP contribution in [0.5, 0.6) is 0 Å². The molecule has 7 nitrogen and oxygen atoms in total. The number of benzene rings is 1. The van der Waals surface area contributed by atoms with Crippen molar-refractivity contribution >= 4 is 22.4 Å². The minimum absolute atomic E-state index is 0.0829. The molecule has 0 saturated carbocycles. The summed E-state index contributed by atoms with van der Waals surface area (Å²) in [4.78, 5) is 18.4. The largest absolute Gasteiger partial charge is 0.330 e. The standard InChI is InChI=1S/C20H22N6OS/c27-19(22-20-21-7-9-28-20)17-12-25-8-6-15(17)10-16(25)11-26-13-18(23-24-26)14-4-2-1-3-5-14/h1-5,7,9,13,15-17H,6,8,10-12H2,(H,21,22,27)/p+1/t15-,16+,17-/m0/s1. The van der Waals surface area contributed by atoms with Gasteiger partial charge in [0.2, 0.25) is 5.91 Å². The van der Waals surface area contributed by atoms with Gasteiger partial charge >= 0.3 is 0 Å². The third-order valence-electron chi connectivity index (χ3n) is 6.07. The van der Waals surface area contributed by atoms with Gasteiger partial charge in [0.25, 0.3) is 0 Å². The van der Waals surface area contributed by atoms with Crippen molar-refractivity contribution in [3.63, 3.8) is 0 Å². The highest BCUT2D eigenvalue weighted by Crippen LogP contribution is 2.29. The van der Waals surface area contributed by atoms with Crippen molar-refractivity contribution in [1.82, 2.24) is 20.0 Å². The van der Waals surface area contributed by atoms with Crippen LogP contribution in [0, 0.1) is 11.8 Å². The van der Waals surface area contributed by atoms with E-state index in [0.717, 1.165) is 43.7 Å². The molecule has 2 bridgehead atoms. The van der Waals surface area contributed by atoms with Crippen molar-refractivity contribution in [2.75, 3.05) is 18.4 Å². The second kappa shape index (κ2) is 7.44. The molecule has 0 aliphatic carbocycles. The zero-order valence-electron chi connectivity index (χ0n) is 15.5. The number of anilines is 1. The summed E-state index contributed by atoms with van der Waals surface area (Å²) in [5.74, 6) is 0.654. The lowest BCUT2D eigenvalue weighted by Gasteiger charge is -2.46. The Morgan fingerprint density at radius 1 is 1.32 bits per heavy atom. The molecule has 8 heteroatoms. The average molecular weight is 396 g/mol. The Hall–Kier alpha value is -2.58. The Bertz CT molecular complexity index is 941. The molecule has 1 unspecified atom stereocenters. The van der Waals surface area contributed by atoms with Crippen molar-refractivity contribution < 1.29 is 9.69 Å². The molecule has 2 aromatic heterocycles. The minimum Gasteiger partial charge on any atom is -0.330 e. The lowest BCUT2D eigenvalue weighted by Crippen LogP contribution is -3.20. The van der Waals surface area contributed by atoms with Crippen LogP contribution in [-0.2, 0) is 11.3 Å². The van der Waals surface area contributed by atoms with Gasteiger partial charge in [-0.25, -0.2) is 9.67 Å². The number of quaternary nitrogens is 1. The van der Waals surface area contributed by atoms with Crippen LogP contribution in [0.1, 0.15) is 12.8 Å². The molecule has 5 heterocycles. The highest BCUT2D eigenvalue weighted by molar-refractivity contribution is 7.13. The van der Waals surface area contributed by atoms with Crippen molar-refractivity contribution in [3.8, 4) is 11.3 Å². The maximum atomic E-state index is 12.7. The van der Waals surface area contributed by atoms with Crippen LogP contribution in [0.25, 0.3) is 11.3 Å². The van der Waals surface area contributed by atoms with E-state index < -0.39 is 0 Å². The Kier molecular flexibility index (Phi) is 4.66. The van der Waals surface area contributed by atoms with Crippen LogP contribution in [0.4, 0.5) is 5.13 Å². The van der Waals surface area contributed by atoms with Crippen molar-refractivity contribution in [3.05, 3.63) is 48.1 Å². The first-order valence-corrected chi connectivity index (χ1v) is 10.6.